The largest absolute Gasteiger partial charge is 0.394 e. The quantitative estimate of drug-likeness (QED) is 0.846. The molecule has 1 aromatic rings. The highest BCUT2D eigenvalue weighted by molar-refractivity contribution is 6.33. The Morgan fingerprint density at radius 3 is 2.90 bits per heavy atom. The summed E-state index contributed by atoms with van der Waals surface area (Å²) in [6.07, 6.45) is 4.92. The molecule has 1 aromatic heterocycles. The van der Waals surface area contributed by atoms with Crippen molar-refractivity contribution < 1.29 is 5.11 Å². The Kier molecular flexibility index (Phi) is 4.19. The first-order chi connectivity index (χ1) is 10.1. The molecule has 7 heteroatoms. The molecule has 1 aliphatic carbocycles. The molecule has 3 N–H and O–H groups in total. The van der Waals surface area contributed by atoms with Crippen molar-refractivity contribution >= 4 is 17.3 Å². The van der Waals surface area contributed by atoms with Crippen molar-refractivity contribution in [3.8, 4) is 0 Å². The number of halogens is 1. The highest BCUT2D eigenvalue weighted by Crippen LogP contribution is 2.38. The first-order valence-electron chi connectivity index (χ1n) is 7.47. The van der Waals surface area contributed by atoms with Crippen molar-refractivity contribution in [2.75, 3.05) is 24.6 Å². The molecule has 3 atom stereocenters. The molecule has 21 heavy (non-hydrogen) atoms. The van der Waals surface area contributed by atoms with E-state index in [1.165, 1.54) is 4.68 Å². The van der Waals surface area contributed by atoms with Crippen LogP contribution in [0.2, 0.25) is 5.02 Å². The lowest BCUT2D eigenvalue weighted by Crippen LogP contribution is -2.32. The second kappa shape index (κ2) is 5.94. The molecule has 1 saturated heterocycles. The monoisotopic (exact) mass is 312 g/mol. The molecular formula is C14H21ClN4O2. The van der Waals surface area contributed by atoms with Crippen LogP contribution < -0.4 is 16.2 Å². The molecule has 2 heterocycles. The van der Waals surface area contributed by atoms with Gasteiger partial charge in [0.1, 0.15) is 5.02 Å². The molecule has 2 fully saturated rings. The minimum absolute atomic E-state index is 0.131. The number of anilines is 1. The SMILES string of the molecule is NC1CC[C@@H]2CN(c3cnn(CCO)c(=O)c3Cl)C[C@@H]2C1. The third kappa shape index (κ3) is 2.80. The van der Waals surface area contributed by atoms with Gasteiger partial charge in [-0.2, -0.15) is 5.10 Å². The van der Waals surface area contributed by atoms with Gasteiger partial charge in [0.15, 0.2) is 0 Å². The maximum absolute atomic E-state index is 12.1. The normalized spacial score (nSPS) is 28.7. The van der Waals surface area contributed by atoms with Crippen LogP contribution in [0.3, 0.4) is 0 Å². The molecule has 6 nitrogen and oxygen atoms in total. The van der Waals surface area contributed by atoms with E-state index in [-0.39, 0.29) is 23.7 Å². The summed E-state index contributed by atoms with van der Waals surface area (Å²) >= 11 is 6.22. The first-order valence-corrected chi connectivity index (χ1v) is 7.85. The highest BCUT2D eigenvalue weighted by atomic mass is 35.5. The Labute approximate surface area is 128 Å². The molecule has 3 rings (SSSR count). The van der Waals surface area contributed by atoms with Crippen LogP contribution >= 0.6 is 11.6 Å². The summed E-state index contributed by atoms with van der Waals surface area (Å²) in [7, 11) is 0. The van der Waals surface area contributed by atoms with Gasteiger partial charge in [0.25, 0.3) is 5.56 Å². The third-order valence-electron chi connectivity index (χ3n) is 4.71. The van der Waals surface area contributed by atoms with Crippen molar-refractivity contribution in [2.45, 2.75) is 31.8 Å². The summed E-state index contributed by atoms with van der Waals surface area (Å²) in [4.78, 5) is 14.3. The molecule has 1 saturated carbocycles. The van der Waals surface area contributed by atoms with Gasteiger partial charge in [-0.05, 0) is 31.1 Å². The van der Waals surface area contributed by atoms with Crippen LogP contribution in [0.1, 0.15) is 19.3 Å². The van der Waals surface area contributed by atoms with Gasteiger partial charge in [0.05, 0.1) is 25.0 Å². The van der Waals surface area contributed by atoms with Crippen molar-refractivity contribution in [1.29, 1.82) is 0 Å². The molecule has 0 amide bonds. The van der Waals surface area contributed by atoms with Crippen molar-refractivity contribution in [2.24, 2.45) is 17.6 Å². The van der Waals surface area contributed by atoms with Crippen LogP contribution in [0.15, 0.2) is 11.0 Å². The predicted molar refractivity (Wildman–Crippen MR) is 81.6 cm³/mol. The number of aromatic nitrogens is 2. The van der Waals surface area contributed by atoms with E-state index in [1.807, 2.05) is 0 Å². The lowest BCUT2D eigenvalue weighted by molar-refractivity contribution is 0.266. The molecule has 116 valence electrons. The van der Waals surface area contributed by atoms with E-state index in [0.717, 1.165) is 32.4 Å². The topological polar surface area (TPSA) is 84.4 Å². The summed E-state index contributed by atoms with van der Waals surface area (Å²) in [6, 6.07) is 0.303. The summed E-state index contributed by atoms with van der Waals surface area (Å²) < 4.78 is 1.20. The summed E-state index contributed by atoms with van der Waals surface area (Å²) in [6.45, 7) is 1.85. The Morgan fingerprint density at radius 2 is 2.14 bits per heavy atom. The van der Waals surface area contributed by atoms with E-state index in [1.54, 1.807) is 6.20 Å². The summed E-state index contributed by atoms with van der Waals surface area (Å²) in [5.74, 6) is 1.23. The van der Waals surface area contributed by atoms with Crippen molar-refractivity contribution in [3.63, 3.8) is 0 Å². The molecular weight excluding hydrogens is 292 g/mol. The predicted octanol–water partition coefficient (Wildman–Crippen LogP) is 0.453. The van der Waals surface area contributed by atoms with Gasteiger partial charge in [-0.1, -0.05) is 11.6 Å². The fourth-order valence-electron chi connectivity index (χ4n) is 3.60. The minimum atomic E-state index is -0.338. The zero-order valence-electron chi connectivity index (χ0n) is 11.9. The number of aliphatic hydroxyl groups excluding tert-OH is 1. The Balaban J connectivity index is 1.82. The van der Waals surface area contributed by atoms with E-state index < -0.39 is 0 Å². The number of nitrogens with zero attached hydrogens (tertiary/aromatic N) is 3. The van der Waals surface area contributed by atoms with Crippen molar-refractivity contribution in [1.82, 2.24) is 9.78 Å². The van der Waals surface area contributed by atoms with E-state index in [2.05, 4.69) is 10.00 Å². The van der Waals surface area contributed by atoms with Crippen LogP contribution in [0.25, 0.3) is 0 Å². The maximum Gasteiger partial charge on any atom is 0.287 e. The highest BCUT2D eigenvalue weighted by Gasteiger charge is 2.37. The second-order valence-electron chi connectivity index (χ2n) is 6.09. The van der Waals surface area contributed by atoms with E-state index in [0.29, 0.717) is 23.6 Å². The zero-order valence-corrected chi connectivity index (χ0v) is 12.7. The van der Waals surface area contributed by atoms with Crippen LogP contribution in [-0.2, 0) is 6.54 Å². The average molecular weight is 313 g/mol. The van der Waals surface area contributed by atoms with E-state index in [4.69, 9.17) is 22.4 Å². The molecule has 0 radical (unpaired) electrons. The van der Waals surface area contributed by atoms with Crippen LogP contribution in [0, 0.1) is 11.8 Å². The van der Waals surface area contributed by atoms with Gasteiger partial charge in [-0.3, -0.25) is 4.79 Å². The van der Waals surface area contributed by atoms with E-state index >= 15 is 0 Å². The van der Waals surface area contributed by atoms with Crippen LogP contribution in [0.4, 0.5) is 5.69 Å². The van der Waals surface area contributed by atoms with E-state index in [9.17, 15) is 4.79 Å². The fraction of sp³-hybridized carbons (Fsp3) is 0.714. The first kappa shape index (κ1) is 14.8. The number of hydrogen-bond donors (Lipinski definition) is 2. The number of hydrogen-bond acceptors (Lipinski definition) is 5. The van der Waals surface area contributed by atoms with Crippen molar-refractivity contribution in [3.05, 3.63) is 21.6 Å². The average Bonchev–Trinajstić information content (AvgIpc) is 2.87. The lowest BCUT2D eigenvalue weighted by Gasteiger charge is -2.27. The molecule has 0 spiro atoms. The van der Waals surface area contributed by atoms with Gasteiger partial charge in [-0.25, -0.2) is 4.68 Å². The van der Waals surface area contributed by atoms with Crippen LogP contribution in [-0.4, -0.2) is 40.6 Å². The number of nitrogens with two attached hydrogens (primary N) is 1. The molecule has 1 unspecified atom stereocenters. The molecule has 0 aromatic carbocycles. The Hall–Kier alpha value is -1.11. The number of fused-ring (bicyclic) bond motifs is 1. The van der Waals surface area contributed by atoms with Gasteiger partial charge in [0.2, 0.25) is 0 Å². The second-order valence-corrected chi connectivity index (χ2v) is 6.47. The number of rotatable bonds is 3. The maximum atomic E-state index is 12.1. The Morgan fingerprint density at radius 1 is 1.38 bits per heavy atom. The third-order valence-corrected chi connectivity index (χ3v) is 5.06. The van der Waals surface area contributed by atoms with Crippen LogP contribution in [0.5, 0.6) is 0 Å². The standard InChI is InChI=1S/C14H21ClN4O2/c15-13-12(6-17-19(3-4-20)14(13)21)18-7-9-1-2-11(16)5-10(9)8-18/h6,9-11,20H,1-5,7-8,16H2/t9-,10+,11?/m1/s1. The fourth-order valence-corrected chi connectivity index (χ4v) is 3.86. The molecule has 1 aliphatic heterocycles. The summed E-state index contributed by atoms with van der Waals surface area (Å²) in [5.41, 5.74) is 6.42. The van der Waals surface area contributed by atoms with Gasteiger partial charge >= 0.3 is 0 Å². The van der Waals surface area contributed by atoms with Gasteiger partial charge in [-0.15, -0.1) is 0 Å². The summed E-state index contributed by atoms with van der Waals surface area (Å²) in [5, 5.41) is 13.2. The molecule has 0 bridgehead atoms. The Bertz CT molecular complexity index is 577. The van der Waals surface area contributed by atoms with Gasteiger partial charge in [0, 0.05) is 19.1 Å². The lowest BCUT2D eigenvalue weighted by atomic mass is 9.79. The smallest absolute Gasteiger partial charge is 0.287 e. The number of aliphatic hydroxyl groups is 1. The molecule has 2 aliphatic rings. The van der Waals surface area contributed by atoms with Gasteiger partial charge < -0.3 is 15.7 Å². The zero-order chi connectivity index (χ0) is 15.0. The minimum Gasteiger partial charge on any atom is -0.394 e.